The number of amides is 1. The molecule has 0 aromatic rings. The topological polar surface area (TPSA) is 52.3 Å². The van der Waals surface area contributed by atoms with Crippen LogP contribution in [-0.2, 0) is 4.74 Å². The largest absolute Gasteiger partial charge is 0.474 e. The average Bonchev–Trinajstić information content (AvgIpc) is 2.00. The summed E-state index contributed by atoms with van der Waals surface area (Å²) >= 11 is 0. The van der Waals surface area contributed by atoms with Crippen LogP contribution in [0.15, 0.2) is 0 Å². The standard InChI is InChI=1S/C7H9F6NO2/c1-2-3-5(8,9)6(10,11)7(12,13)16-4(14)15/h2-3H2,1H3,(H2,14,15). The van der Waals surface area contributed by atoms with Crippen LogP contribution in [-0.4, -0.2) is 24.0 Å². The number of hydrogen-bond acceptors (Lipinski definition) is 2. The van der Waals surface area contributed by atoms with E-state index in [1.807, 2.05) is 0 Å². The van der Waals surface area contributed by atoms with Gasteiger partial charge in [0.25, 0.3) is 0 Å². The highest BCUT2D eigenvalue weighted by atomic mass is 19.3. The number of rotatable bonds is 5. The highest BCUT2D eigenvalue weighted by Gasteiger charge is 2.73. The Kier molecular flexibility index (Phi) is 4.07. The van der Waals surface area contributed by atoms with Crippen molar-refractivity contribution in [2.45, 2.75) is 37.7 Å². The first-order chi connectivity index (χ1) is 6.98. The second-order valence-corrected chi connectivity index (χ2v) is 2.97. The molecule has 9 heteroatoms. The molecule has 0 saturated carbocycles. The monoisotopic (exact) mass is 253 g/mol. The van der Waals surface area contributed by atoms with Crippen LogP contribution in [0.25, 0.3) is 0 Å². The first kappa shape index (κ1) is 14.8. The van der Waals surface area contributed by atoms with Crippen LogP contribution in [0.2, 0.25) is 0 Å². The molecule has 0 heterocycles. The summed E-state index contributed by atoms with van der Waals surface area (Å²) in [6, 6.07) is 0. The van der Waals surface area contributed by atoms with Gasteiger partial charge in [0, 0.05) is 6.42 Å². The Morgan fingerprint density at radius 2 is 1.62 bits per heavy atom. The predicted octanol–water partition coefficient (Wildman–Crippen LogP) is 2.75. The molecule has 0 fully saturated rings. The van der Waals surface area contributed by atoms with Crippen LogP contribution < -0.4 is 5.73 Å². The molecule has 0 radical (unpaired) electrons. The van der Waals surface area contributed by atoms with E-state index in [-0.39, 0.29) is 0 Å². The molecular weight excluding hydrogens is 244 g/mol. The Morgan fingerprint density at radius 1 is 1.19 bits per heavy atom. The van der Waals surface area contributed by atoms with E-state index in [1.165, 1.54) is 0 Å². The zero-order chi connectivity index (χ0) is 13.2. The fourth-order valence-corrected chi connectivity index (χ4v) is 0.874. The molecule has 0 rings (SSSR count). The van der Waals surface area contributed by atoms with E-state index in [0.717, 1.165) is 6.92 Å². The van der Waals surface area contributed by atoms with E-state index in [0.29, 0.717) is 0 Å². The molecule has 16 heavy (non-hydrogen) atoms. The van der Waals surface area contributed by atoms with Crippen LogP contribution in [0.1, 0.15) is 19.8 Å². The van der Waals surface area contributed by atoms with Crippen LogP contribution in [0.3, 0.4) is 0 Å². The molecule has 0 atom stereocenters. The van der Waals surface area contributed by atoms with Gasteiger partial charge in [0.2, 0.25) is 0 Å². The molecule has 1 amide bonds. The first-order valence-corrected chi connectivity index (χ1v) is 4.10. The van der Waals surface area contributed by atoms with E-state index in [1.54, 1.807) is 0 Å². The van der Waals surface area contributed by atoms with Crippen molar-refractivity contribution in [3.63, 3.8) is 0 Å². The normalized spacial score (nSPS) is 13.7. The maximum atomic E-state index is 12.7. The summed E-state index contributed by atoms with van der Waals surface area (Å²) in [4.78, 5) is 9.89. The SMILES string of the molecule is CCCC(F)(F)C(F)(F)C(F)(F)OC(N)=O. The molecule has 2 N–H and O–H groups in total. The number of ether oxygens (including phenoxy) is 1. The Bertz CT molecular complexity index is 268. The summed E-state index contributed by atoms with van der Waals surface area (Å²) < 4.78 is 78.5. The molecule has 0 aliphatic rings. The number of primary amides is 1. The first-order valence-electron chi connectivity index (χ1n) is 4.10. The lowest BCUT2D eigenvalue weighted by molar-refractivity contribution is -0.380. The number of halogens is 6. The summed E-state index contributed by atoms with van der Waals surface area (Å²) in [7, 11) is 0. The highest BCUT2D eigenvalue weighted by molar-refractivity contribution is 5.65. The minimum atomic E-state index is -5.81. The lowest BCUT2D eigenvalue weighted by Crippen LogP contribution is -2.56. The van der Waals surface area contributed by atoms with Gasteiger partial charge in [-0.2, -0.15) is 26.3 Å². The molecular formula is C7H9F6NO2. The van der Waals surface area contributed by atoms with Gasteiger partial charge < -0.3 is 10.5 Å². The van der Waals surface area contributed by atoms with Gasteiger partial charge >= 0.3 is 24.0 Å². The Labute approximate surface area is 86.5 Å². The Balaban J connectivity index is 5.08. The fourth-order valence-electron chi connectivity index (χ4n) is 0.874. The maximum Gasteiger partial charge on any atom is 0.474 e. The van der Waals surface area contributed by atoms with Gasteiger partial charge in [0.1, 0.15) is 0 Å². The second-order valence-electron chi connectivity index (χ2n) is 2.97. The van der Waals surface area contributed by atoms with Crippen LogP contribution in [0.4, 0.5) is 31.1 Å². The van der Waals surface area contributed by atoms with Gasteiger partial charge in [0.05, 0.1) is 0 Å². The summed E-state index contributed by atoms with van der Waals surface area (Å²) in [5, 5.41) is 0. The number of hydrogen-bond donors (Lipinski definition) is 1. The quantitative estimate of drug-likeness (QED) is 0.766. The molecule has 96 valence electrons. The summed E-state index contributed by atoms with van der Waals surface area (Å²) in [5.41, 5.74) is 4.07. The summed E-state index contributed by atoms with van der Waals surface area (Å²) in [6.07, 6.45) is -9.85. The molecule has 0 aromatic heterocycles. The molecule has 0 spiro atoms. The van der Waals surface area contributed by atoms with Crippen molar-refractivity contribution in [3.8, 4) is 0 Å². The lowest BCUT2D eigenvalue weighted by atomic mass is 10.1. The van der Waals surface area contributed by atoms with E-state index < -0.39 is 36.9 Å². The third-order valence-electron chi connectivity index (χ3n) is 1.62. The van der Waals surface area contributed by atoms with Gasteiger partial charge in [-0.1, -0.05) is 13.3 Å². The molecule has 0 aromatic carbocycles. The molecule has 0 bridgehead atoms. The Morgan fingerprint density at radius 3 is 1.94 bits per heavy atom. The average molecular weight is 253 g/mol. The Hall–Kier alpha value is -1.15. The number of nitrogens with two attached hydrogens (primary N) is 1. The molecule has 3 nitrogen and oxygen atoms in total. The molecule has 0 saturated heterocycles. The van der Waals surface area contributed by atoms with E-state index in [4.69, 9.17) is 0 Å². The predicted molar refractivity (Wildman–Crippen MR) is 40.4 cm³/mol. The molecule has 0 aliphatic carbocycles. The van der Waals surface area contributed by atoms with Crippen molar-refractivity contribution >= 4 is 6.09 Å². The summed E-state index contributed by atoms with van der Waals surface area (Å²) in [5.74, 6) is -10.8. The van der Waals surface area contributed by atoms with Gasteiger partial charge in [-0.3, -0.25) is 0 Å². The van der Waals surface area contributed by atoms with Crippen LogP contribution in [0, 0.1) is 0 Å². The van der Waals surface area contributed by atoms with Gasteiger partial charge in [-0.25, -0.2) is 4.79 Å². The third kappa shape index (κ3) is 2.70. The van der Waals surface area contributed by atoms with Crippen molar-refractivity contribution in [1.82, 2.24) is 0 Å². The zero-order valence-electron chi connectivity index (χ0n) is 8.08. The lowest BCUT2D eigenvalue weighted by Gasteiger charge is -2.30. The second kappa shape index (κ2) is 4.38. The van der Waals surface area contributed by atoms with Crippen LogP contribution in [0.5, 0.6) is 0 Å². The number of alkyl halides is 6. The van der Waals surface area contributed by atoms with Gasteiger partial charge in [0.15, 0.2) is 0 Å². The van der Waals surface area contributed by atoms with Crippen molar-refractivity contribution < 1.29 is 35.9 Å². The van der Waals surface area contributed by atoms with Crippen molar-refractivity contribution in [2.24, 2.45) is 5.73 Å². The van der Waals surface area contributed by atoms with Crippen LogP contribution >= 0.6 is 0 Å². The molecule has 0 aliphatic heterocycles. The summed E-state index contributed by atoms with van der Waals surface area (Å²) in [6.45, 7) is 1.11. The van der Waals surface area contributed by atoms with E-state index >= 15 is 0 Å². The van der Waals surface area contributed by atoms with E-state index in [2.05, 4.69) is 10.5 Å². The van der Waals surface area contributed by atoms with Crippen molar-refractivity contribution in [2.75, 3.05) is 0 Å². The van der Waals surface area contributed by atoms with Crippen molar-refractivity contribution in [3.05, 3.63) is 0 Å². The number of carbonyl (C=O) groups excluding carboxylic acids is 1. The minimum Gasteiger partial charge on any atom is -0.379 e. The zero-order valence-corrected chi connectivity index (χ0v) is 8.08. The van der Waals surface area contributed by atoms with E-state index in [9.17, 15) is 31.1 Å². The molecule has 0 unspecified atom stereocenters. The third-order valence-corrected chi connectivity index (χ3v) is 1.62. The smallest absolute Gasteiger partial charge is 0.379 e. The maximum absolute atomic E-state index is 12.7. The van der Waals surface area contributed by atoms with Gasteiger partial charge in [-0.05, 0) is 0 Å². The minimum absolute atomic E-state index is 0.449. The van der Waals surface area contributed by atoms with Crippen molar-refractivity contribution in [1.29, 1.82) is 0 Å². The fraction of sp³-hybridized carbons (Fsp3) is 0.857. The van der Waals surface area contributed by atoms with Gasteiger partial charge in [-0.15, -0.1) is 0 Å². The number of carbonyl (C=O) groups is 1. The highest BCUT2D eigenvalue weighted by Crippen LogP contribution is 2.48.